The van der Waals surface area contributed by atoms with E-state index >= 15 is 0 Å². The van der Waals surface area contributed by atoms with Gasteiger partial charge in [-0.05, 0) is 35.4 Å². The van der Waals surface area contributed by atoms with Crippen LogP contribution < -0.4 is 14.2 Å². The summed E-state index contributed by atoms with van der Waals surface area (Å²) in [5.74, 6) is -12.1. The fourth-order valence-electron chi connectivity index (χ4n) is 3.25. The fourth-order valence-corrected chi connectivity index (χ4v) is 4.83. The van der Waals surface area contributed by atoms with Crippen LogP contribution in [0.4, 0.5) is 30.7 Å². The molecule has 0 fully saturated rings. The Kier molecular flexibility index (Phi) is 8.22. The van der Waals surface area contributed by atoms with Gasteiger partial charge in [-0.15, -0.1) is 13.2 Å². The van der Waals surface area contributed by atoms with Crippen LogP contribution in [0.25, 0.3) is 0 Å². The van der Waals surface area contributed by atoms with Crippen LogP contribution in [0.1, 0.15) is 11.1 Å². The number of nitrogens with zero attached hydrogens (tertiary/aromatic N) is 1. The van der Waals surface area contributed by atoms with Gasteiger partial charge < -0.3 is 14.2 Å². The van der Waals surface area contributed by atoms with Gasteiger partial charge in [0.25, 0.3) is 10.0 Å². The minimum absolute atomic E-state index is 0.250. The van der Waals surface area contributed by atoms with Crippen molar-refractivity contribution in [1.82, 2.24) is 4.31 Å². The van der Waals surface area contributed by atoms with E-state index in [2.05, 4.69) is 4.74 Å². The third-order valence-corrected chi connectivity index (χ3v) is 6.85. The topological polar surface area (TPSA) is 65.1 Å². The van der Waals surface area contributed by atoms with Crippen LogP contribution >= 0.6 is 0 Å². The average Bonchev–Trinajstić information content (AvgIpc) is 2.85. The molecule has 0 amide bonds. The molecular weight excluding hydrogens is 535 g/mol. The van der Waals surface area contributed by atoms with E-state index in [0.29, 0.717) is 15.8 Å². The first kappa shape index (κ1) is 28.1. The summed E-state index contributed by atoms with van der Waals surface area (Å²) < 4.78 is 136. The highest BCUT2D eigenvalue weighted by Crippen LogP contribution is 2.39. The Morgan fingerprint density at radius 3 is 1.49 bits per heavy atom. The normalized spacial score (nSPS) is 12.1. The second-order valence-electron chi connectivity index (χ2n) is 7.43. The summed E-state index contributed by atoms with van der Waals surface area (Å²) in [6.07, 6.45) is -5.77. The number of hydrogen-bond donors (Lipinski definition) is 0. The van der Waals surface area contributed by atoms with Gasteiger partial charge in [0.2, 0.25) is 11.6 Å². The van der Waals surface area contributed by atoms with E-state index < -0.39 is 63.4 Å². The summed E-state index contributed by atoms with van der Waals surface area (Å²) in [4.78, 5) is -2.15. The molecule has 6 nitrogen and oxygen atoms in total. The second kappa shape index (κ2) is 10.8. The zero-order valence-electron chi connectivity index (χ0n) is 19.1. The summed E-state index contributed by atoms with van der Waals surface area (Å²) in [6.45, 7) is -1.19. The number of rotatable bonds is 9. The van der Waals surface area contributed by atoms with Gasteiger partial charge in [-0.3, -0.25) is 0 Å². The minimum Gasteiger partial charge on any atom is -0.497 e. The molecule has 0 heterocycles. The average molecular weight is 553 g/mol. The minimum atomic E-state index is -5.77. The van der Waals surface area contributed by atoms with Gasteiger partial charge in [0.05, 0.1) is 14.2 Å². The molecule has 200 valence electrons. The lowest BCUT2D eigenvalue weighted by atomic mass is 10.2. The van der Waals surface area contributed by atoms with Gasteiger partial charge in [0.15, 0.2) is 22.3 Å². The lowest BCUT2D eigenvalue weighted by Crippen LogP contribution is -2.33. The number of hydrogen-bond acceptors (Lipinski definition) is 5. The molecule has 3 aromatic carbocycles. The fraction of sp³-hybridized carbons (Fsp3) is 0.217. The molecule has 3 rings (SSSR count). The molecule has 0 unspecified atom stereocenters. The molecular formula is C23H18F7NO5S. The van der Waals surface area contributed by atoms with Crippen LogP contribution in [-0.4, -0.2) is 33.3 Å². The Bertz CT molecular complexity index is 1310. The van der Waals surface area contributed by atoms with Crippen LogP contribution in [0.2, 0.25) is 0 Å². The maximum Gasteiger partial charge on any atom is 0.573 e. The van der Waals surface area contributed by atoms with Crippen LogP contribution in [0.15, 0.2) is 53.4 Å². The highest BCUT2D eigenvalue weighted by Gasteiger charge is 2.42. The van der Waals surface area contributed by atoms with E-state index in [1.165, 1.54) is 62.8 Å². The van der Waals surface area contributed by atoms with Gasteiger partial charge in [-0.25, -0.2) is 21.6 Å². The number of ether oxygens (including phenoxy) is 3. The monoisotopic (exact) mass is 553 g/mol. The van der Waals surface area contributed by atoms with Crippen molar-refractivity contribution in [3.63, 3.8) is 0 Å². The molecule has 14 heteroatoms. The molecule has 0 aliphatic heterocycles. The maximum absolute atomic E-state index is 14.7. The van der Waals surface area contributed by atoms with Crippen molar-refractivity contribution in [1.29, 1.82) is 0 Å². The van der Waals surface area contributed by atoms with Crippen LogP contribution in [-0.2, 0) is 23.1 Å². The zero-order chi connectivity index (χ0) is 27.5. The summed E-state index contributed by atoms with van der Waals surface area (Å²) in [7, 11) is -2.75. The molecule has 0 aromatic heterocycles. The number of alkyl halides is 3. The van der Waals surface area contributed by atoms with Crippen molar-refractivity contribution in [3.05, 3.63) is 82.9 Å². The van der Waals surface area contributed by atoms with Crippen molar-refractivity contribution >= 4 is 10.0 Å². The predicted octanol–water partition coefficient (Wildman–Crippen LogP) is 5.55. The maximum atomic E-state index is 14.7. The first-order chi connectivity index (χ1) is 17.3. The molecule has 0 saturated heterocycles. The molecule has 0 spiro atoms. The van der Waals surface area contributed by atoms with Gasteiger partial charge in [-0.2, -0.15) is 8.70 Å². The van der Waals surface area contributed by atoms with E-state index in [0.717, 1.165) is 0 Å². The van der Waals surface area contributed by atoms with E-state index in [1.807, 2.05) is 0 Å². The Labute approximate surface area is 206 Å². The Morgan fingerprint density at radius 2 is 1.11 bits per heavy atom. The lowest BCUT2D eigenvalue weighted by molar-refractivity contribution is -0.276. The number of benzene rings is 3. The van der Waals surface area contributed by atoms with Crippen molar-refractivity contribution in [3.8, 4) is 17.2 Å². The first-order valence-corrected chi connectivity index (χ1v) is 11.6. The van der Waals surface area contributed by atoms with E-state index in [1.54, 1.807) is 0 Å². The predicted molar refractivity (Wildman–Crippen MR) is 115 cm³/mol. The number of sulfonamides is 1. The smallest absolute Gasteiger partial charge is 0.497 e. The molecule has 0 N–H and O–H groups in total. The number of halogens is 7. The first-order valence-electron chi connectivity index (χ1n) is 10.2. The molecule has 0 radical (unpaired) electrons. The van der Waals surface area contributed by atoms with Crippen molar-refractivity contribution in [2.24, 2.45) is 0 Å². The van der Waals surface area contributed by atoms with Crippen molar-refractivity contribution in [2.75, 3.05) is 14.2 Å². The third kappa shape index (κ3) is 6.25. The molecule has 0 aliphatic rings. The lowest BCUT2D eigenvalue weighted by Gasteiger charge is -2.25. The standard InChI is InChI=1S/C23H18F7NO5S/c1-34-15-7-3-13(4-8-15)11-31(12-14-5-9-16(35-2)10-6-14)37(32,33)22-20(27)18(25)17(24)19(26)21(22)36-23(28,29)30/h3-10H,11-12H2,1-2H3. The molecule has 0 aliphatic carbocycles. The Hall–Kier alpha value is -3.52. The molecule has 37 heavy (non-hydrogen) atoms. The molecule has 0 atom stereocenters. The Balaban J connectivity index is 2.19. The van der Waals surface area contributed by atoms with Gasteiger partial charge in [0.1, 0.15) is 11.5 Å². The van der Waals surface area contributed by atoms with Crippen LogP contribution in [0.5, 0.6) is 17.2 Å². The highest BCUT2D eigenvalue weighted by atomic mass is 32.2. The third-order valence-electron chi connectivity index (χ3n) is 5.03. The molecule has 3 aromatic rings. The molecule has 0 bridgehead atoms. The number of methoxy groups -OCH3 is 2. The van der Waals surface area contributed by atoms with Crippen molar-refractivity contribution < 1.29 is 53.4 Å². The largest absolute Gasteiger partial charge is 0.573 e. The summed E-state index contributed by atoms with van der Waals surface area (Å²) in [6, 6.07) is 11.4. The van der Waals surface area contributed by atoms with Crippen molar-refractivity contribution in [2.45, 2.75) is 24.3 Å². The molecule has 0 saturated carbocycles. The quantitative estimate of drug-likeness (QED) is 0.198. The highest BCUT2D eigenvalue weighted by molar-refractivity contribution is 7.89. The van der Waals surface area contributed by atoms with Gasteiger partial charge in [-0.1, -0.05) is 24.3 Å². The summed E-state index contributed by atoms with van der Waals surface area (Å²) in [5, 5.41) is 0. The SMILES string of the molecule is COc1ccc(CN(Cc2ccc(OC)cc2)S(=O)(=O)c2c(F)c(F)c(F)c(F)c2OC(F)(F)F)cc1. The van der Waals surface area contributed by atoms with Crippen LogP contribution in [0.3, 0.4) is 0 Å². The van der Waals surface area contributed by atoms with E-state index in [-0.39, 0.29) is 11.1 Å². The van der Waals surface area contributed by atoms with Gasteiger partial charge >= 0.3 is 6.36 Å². The second-order valence-corrected chi connectivity index (χ2v) is 9.31. The van der Waals surface area contributed by atoms with E-state index in [9.17, 15) is 39.2 Å². The summed E-state index contributed by atoms with van der Waals surface area (Å²) >= 11 is 0. The van der Waals surface area contributed by atoms with E-state index in [4.69, 9.17) is 9.47 Å². The van der Waals surface area contributed by atoms with Crippen LogP contribution in [0, 0.1) is 23.3 Å². The van der Waals surface area contributed by atoms with Gasteiger partial charge in [0, 0.05) is 13.1 Å². The Morgan fingerprint density at radius 1 is 0.703 bits per heavy atom. The summed E-state index contributed by atoms with van der Waals surface area (Å²) in [5.41, 5.74) is 0.499. The zero-order valence-corrected chi connectivity index (χ0v) is 19.9.